The van der Waals surface area contributed by atoms with Gasteiger partial charge in [0.1, 0.15) is 0 Å². The molecule has 1 aromatic carbocycles. The summed E-state index contributed by atoms with van der Waals surface area (Å²) in [5.41, 5.74) is 5.98. The van der Waals surface area contributed by atoms with Crippen LogP contribution < -0.4 is 11.1 Å². The fourth-order valence-electron chi connectivity index (χ4n) is 1.48. The van der Waals surface area contributed by atoms with E-state index in [4.69, 9.17) is 41.2 Å². The Bertz CT molecular complexity index is 462. The maximum atomic E-state index is 12.0. The number of nitrogens with one attached hydrogen (secondary N) is 1. The molecule has 0 aliphatic rings. The van der Waals surface area contributed by atoms with Gasteiger partial charge in [-0.05, 0) is 25.1 Å². The van der Waals surface area contributed by atoms with Crippen molar-refractivity contribution in [3.63, 3.8) is 0 Å². The van der Waals surface area contributed by atoms with Crippen LogP contribution in [-0.4, -0.2) is 29.0 Å². The van der Waals surface area contributed by atoms with Gasteiger partial charge in [-0.2, -0.15) is 0 Å². The zero-order valence-electron chi connectivity index (χ0n) is 10.5. The van der Waals surface area contributed by atoms with Crippen LogP contribution in [0.5, 0.6) is 0 Å². The third-order valence-corrected chi connectivity index (χ3v) is 3.05. The van der Waals surface area contributed by atoms with Gasteiger partial charge < -0.3 is 16.0 Å². The molecule has 0 heterocycles. The third kappa shape index (κ3) is 5.63. The largest absolute Gasteiger partial charge is 0.393 e. The predicted molar refractivity (Wildman–Crippen MR) is 84.1 cm³/mol. The van der Waals surface area contributed by atoms with Crippen LogP contribution in [0.15, 0.2) is 18.2 Å². The number of nitrogens with two attached hydrogens (primary N) is 1. The highest BCUT2D eigenvalue weighted by Gasteiger charge is 2.12. The molecule has 3 N–H and O–H groups in total. The van der Waals surface area contributed by atoms with Crippen LogP contribution in [0, 0.1) is 0 Å². The second-order valence-electron chi connectivity index (χ2n) is 3.88. The van der Waals surface area contributed by atoms with Gasteiger partial charge in [0.05, 0.1) is 4.99 Å². The molecule has 0 saturated heterocycles. The molecule has 4 nitrogen and oxygen atoms in total. The number of carbonyl (C=O) groups excluding carboxylic acids is 1. The van der Waals surface area contributed by atoms with Crippen LogP contribution >= 0.6 is 35.4 Å². The van der Waals surface area contributed by atoms with E-state index in [1.165, 1.54) is 0 Å². The number of anilines is 1. The van der Waals surface area contributed by atoms with Crippen molar-refractivity contribution in [3.05, 3.63) is 28.2 Å². The van der Waals surface area contributed by atoms with Crippen LogP contribution in [-0.2, 0) is 0 Å². The molecule has 1 rings (SSSR count). The lowest BCUT2D eigenvalue weighted by Gasteiger charge is -2.21. The number of halogens is 2. The number of nitrogens with zero attached hydrogens (tertiary/aromatic N) is 1. The number of hydrogen-bond donors (Lipinski definition) is 2. The molecule has 0 radical (unpaired) electrons. The van der Waals surface area contributed by atoms with Gasteiger partial charge in [-0.15, -0.1) is 0 Å². The zero-order chi connectivity index (χ0) is 14.4. The Morgan fingerprint density at radius 3 is 2.42 bits per heavy atom. The summed E-state index contributed by atoms with van der Waals surface area (Å²) in [5, 5.41) is 3.67. The molecule has 0 saturated carbocycles. The molecule has 0 aliphatic heterocycles. The van der Waals surface area contributed by atoms with Crippen molar-refractivity contribution in [1.29, 1.82) is 0 Å². The van der Waals surface area contributed by atoms with E-state index in [2.05, 4.69) is 5.32 Å². The normalized spacial score (nSPS) is 10.1. The molecule has 0 bridgehead atoms. The maximum absolute atomic E-state index is 12.0. The molecule has 7 heteroatoms. The van der Waals surface area contributed by atoms with Gasteiger partial charge in [-0.25, -0.2) is 4.79 Å². The monoisotopic (exact) mass is 319 g/mol. The van der Waals surface area contributed by atoms with Crippen molar-refractivity contribution in [3.8, 4) is 0 Å². The minimum atomic E-state index is -0.239. The van der Waals surface area contributed by atoms with E-state index in [0.717, 1.165) is 0 Å². The molecule has 0 spiro atoms. The number of urea groups is 1. The quantitative estimate of drug-likeness (QED) is 0.816. The molecular formula is C12H15Cl2N3OS. The van der Waals surface area contributed by atoms with Crippen LogP contribution in [0.3, 0.4) is 0 Å². The number of amides is 2. The number of benzene rings is 1. The average Bonchev–Trinajstić information content (AvgIpc) is 2.27. The van der Waals surface area contributed by atoms with E-state index in [1.54, 1.807) is 23.1 Å². The van der Waals surface area contributed by atoms with E-state index >= 15 is 0 Å². The number of rotatable bonds is 5. The summed E-state index contributed by atoms with van der Waals surface area (Å²) in [5.74, 6) is 0. The minimum Gasteiger partial charge on any atom is -0.393 e. The molecule has 0 aliphatic carbocycles. The molecule has 0 fully saturated rings. The van der Waals surface area contributed by atoms with E-state index in [9.17, 15) is 4.79 Å². The first-order valence-electron chi connectivity index (χ1n) is 5.72. The summed E-state index contributed by atoms with van der Waals surface area (Å²) in [7, 11) is 0. The molecule has 0 aromatic heterocycles. The first-order valence-corrected chi connectivity index (χ1v) is 6.89. The number of carbonyl (C=O) groups is 1. The maximum Gasteiger partial charge on any atom is 0.321 e. The lowest BCUT2D eigenvalue weighted by Crippen LogP contribution is -2.36. The summed E-state index contributed by atoms with van der Waals surface area (Å²) in [6.45, 7) is 2.92. The molecule has 2 amide bonds. The zero-order valence-corrected chi connectivity index (χ0v) is 12.8. The van der Waals surface area contributed by atoms with E-state index in [1.807, 2.05) is 6.92 Å². The Hall–Kier alpha value is -1.04. The SMILES string of the molecule is CCN(CCC(N)=S)C(=O)Nc1cc(Cl)cc(Cl)c1. The standard InChI is InChI=1S/C12H15Cl2N3OS/c1-2-17(4-3-11(15)19)12(18)16-10-6-8(13)5-9(14)7-10/h5-7H,2-4H2,1H3,(H2,15,19)(H,16,18). The lowest BCUT2D eigenvalue weighted by atomic mass is 10.3. The highest BCUT2D eigenvalue weighted by molar-refractivity contribution is 7.80. The van der Waals surface area contributed by atoms with Crippen molar-refractivity contribution < 1.29 is 4.79 Å². The second-order valence-corrected chi connectivity index (χ2v) is 5.28. The van der Waals surface area contributed by atoms with Gasteiger partial charge in [0.2, 0.25) is 0 Å². The summed E-state index contributed by atoms with van der Waals surface area (Å²) in [4.78, 5) is 14.0. The van der Waals surface area contributed by atoms with Gasteiger partial charge in [-0.3, -0.25) is 0 Å². The second kappa shape index (κ2) is 7.53. The molecule has 0 atom stereocenters. The van der Waals surface area contributed by atoms with Crippen molar-refractivity contribution in [2.24, 2.45) is 5.73 Å². The van der Waals surface area contributed by atoms with E-state index < -0.39 is 0 Å². The van der Waals surface area contributed by atoms with Crippen molar-refractivity contribution in [1.82, 2.24) is 4.90 Å². The van der Waals surface area contributed by atoms with Crippen molar-refractivity contribution >= 4 is 52.1 Å². The smallest absolute Gasteiger partial charge is 0.321 e. The summed E-state index contributed by atoms with van der Waals surface area (Å²) >= 11 is 16.5. The van der Waals surface area contributed by atoms with Crippen molar-refractivity contribution in [2.75, 3.05) is 18.4 Å². The van der Waals surface area contributed by atoms with Crippen LogP contribution in [0.25, 0.3) is 0 Å². The summed E-state index contributed by atoms with van der Waals surface area (Å²) in [6, 6.07) is 4.62. The fourth-order valence-corrected chi connectivity index (χ4v) is 2.09. The van der Waals surface area contributed by atoms with E-state index in [0.29, 0.717) is 40.2 Å². The highest BCUT2D eigenvalue weighted by atomic mass is 35.5. The molecule has 19 heavy (non-hydrogen) atoms. The predicted octanol–water partition coefficient (Wildman–Crippen LogP) is 3.52. The fraction of sp³-hybridized carbons (Fsp3) is 0.333. The number of thiocarbonyl (C=S) groups is 1. The Balaban J connectivity index is 2.68. The first kappa shape index (κ1) is 16.0. The third-order valence-electron chi connectivity index (χ3n) is 2.41. The Morgan fingerprint density at radius 1 is 1.37 bits per heavy atom. The molecule has 0 unspecified atom stereocenters. The first-order chi connectivity index (χ1) is 8.92. The minimum absolute atomic E-state index is 0.239. The molecular weight excluding hydrogens is 305 g/mol. The molecule has 1 aromatic rings. The summed E-state index contributed by atoms with van der Waals surface area (Å²) < 4.78 is 0. The lowest BCUT2D eigenvalue weighted by molar-refractivity contribution is 0.216. The average molecular weight is 320 g/mol. The topological polar surface area (TPSA) is 58.4 Å². The van der Waals surface area contributed by atoms with Crippen molar-refractivity contribution in [2.45, 2.75) is 13.3 Å². The molecule has 104 valence electrons. The number of hydrogen-bond acceptors (Lipinski definition) is 2. The van der Waals surface area contributed by atoms with Gasteiger partial charge in [0.15, 0.2) is 0 Å². The Kier molecular flexibility index (Phi) is 6.34. The Labute approximate surface area is 127 Å². The van der Waals surface area contributed by atoms with E-state index in [-0.39, 0.29) is 6.03 Å². The van der Waals surface area contributed by atoms with Gasteiger partial charge in [0, 0.05) is 35.2 Å². The van der Waals surface area contributed by atoms with Gasteiger partial charge in [0.25, 0.3) is 0 Å². The Morgan fingerprint density at radius 2 is 1.95 bits per heavy atom. The highest BCUT2D eigenvalue weighted by Crippen LogP contribution is 2.22. The summed E-state index contributed by atoms with van der Waals surface area (Å²) in [6.07, 6.45) is 0.493. The van der Waals surface area contributed by atoms with Gasteiger partial charge in [-0.1, -0.05) is 35.4 Å². The van der Waals surface area contributed by atoms with Crippen LogP contribution in [0.4, 0.5) is 10.5 Å². The van der Waals surface area contributed by atoms with Gasteiger partial charge >= 0.3 is 6.03 Å². The van der Waals surface area contributed by atoms with Crippen LogP contribution in [0.1, 0.15) is 13.3 Å². The van der Waals surface area contributed by atoms with Crippen LogP contribution in [0.2, 0.25) is 10.0 Å².